The molecule has 0 aliphatic carbocycles. The maximum absolute atomic E-state index is 15.0. The molecule has 4 heterocycles. The number of aromatic nitrogens is 2. The third-order valence-electron chi connectivity index (χ3n) is 7.98. The van der Waals surface area contributed by atoms with Crippen molar-refractivity contribution in [2.45, 2.75) is 45.7 Å². The van der Waals surface area contributed by atoms with E-state index < -0.39 is 22.8 Å². The van der Waals surface area contributed by atoms with Crippen LogP contribution in [-0.2, 0) is 23.3 Å². The molecular formula is C32H26N4O4S. The molecule has 1 unspecified atom stereocenters. The molecule has 41 heavy (non-hydrogen) atoms. The van der Waals surface area contributed by atoms with Gasteiger partial charge in [0.2, 0.25) is 10.9 Å². The minimum atomic E-state index is -1.78. The van der Waals surface area contributed by atoms with Crippen LogP contribution in [0.5, 0.6) is 0 Å². The van der Waals surface area contributed by atoms with Gasteiger partial charge in [0.1, 0.15) is 10.6 Å². The number of carbonyl (C=O) groups is 2. The molecule has 0 radical (unpaired) electrons. The van der Waals surface area contributed by atoms with E-state index in [-0.39, 0.29) is 23.0 Å². The van der Waals surface area contributed by atoms with Gasteiger partial charge in [0, 0.05) is 12.0 Å². The van der Waals surface area contributed by atoms with Crippen molar-refractivity contribution < 1.29 is 14.0 Å². The molecule has 1 atom stereocenters. The number of carbonyl (C=O) groups excluding carboxylic acids is 2. The summed E-state index contributed by atoms with van der Waals surface area (Å²) >= 11 is 1.26. The largest absolute Gasteiger partial charge is 0.450 e. The first kappa shape index (κ1) is 25.3. The fourth-order valence-corrected chi connectivity index (χ4v) is 7.03. The molecule has 8 nitrogen and oxygen atoms in total. The number of anilines is 2. The summed E-state index contributed by atoms with van der Waals surface area (Å²) in [7, 11) is 0. The summed E-state index contributed by atoms with van der Waals surface area (Å²) in [5, 5.41) is 10.0. The monoisotopic (exact) mass is 562 g/mol. The molecule has 0 bridgehead atoms. The molecule has 7 rings (SSSR count). The average molecular weight is 563 g/mol. The number of amides is 2. The first-order valence-electron chi connectivity index (χ1n) is 13.6. The Morgan fingerprint density at radius 1 is 0.951 bits per heavy atom. The topological polar surface area (TPSA) is 96.6 Å². The summed E-state index contributed by atoms with van der Waals surface area (Å²) in [4.78, 5) is 46.7. The van der Waals surface area contributed by atoms with E-state index in [4.69, 9.17) is 4.42 Å². The molecular weight excluding hydrogens is 536 g/mol. The van der Waals surface area contributed by atoms with Gasteiger partial charge < -0.3 is 9.32 Å². The highest BCUT2D eigenvalue weighted by Gasteiger charge is 2.66. The molecule has 2 amide bonds. The summed E-state index contributed by atoms with van der Waals surface area (Å²) in [6.07, 6.45) is 1.54. The van der Waals surface area contributed by atoms with Gasteiger partial charge in [-0.15, -0.1) is 10.2 Å². The molecule has 0 saturated heterocycles. The molecule has 5 aromatic rings. The molecule has 0 N–H and O–H groups in total. The number of rotatable bonds is 5. The second kappa shape index (κ2) is 9.21. The van der Waals surface area contributed by atoms with E-state index in [1.807, 2.05) is 75.4 Å². The second-order valence-electron chi connectivity index (χ2n) is 10.5. The van der Waals surface area contributed by atoms with Crippen molar-refractivity contribution in [1.29, 1.82) is 0 Å². The molecule has 2 aromatic heterocycles. The molecule has 0 fully saturated rings. The summed E-state index contributed by atoms with van der Waals surface area (Å²) in [5.74, 6) is -1.13. The lowest BCUT2D eigenvalue weighted by molar-refractivity contribution is -0.121. The number of aryl methyl sites for hydroxylation is 3. The van der Waals surface area contributed by atoms with Crippen molar-refractivity contribution >= 4 is 44.9 Å². The first-order chi connectivity index (χ1) is 19.9. The standard InChI is InChI=1S/C32H26N4O4S/c1-4-9-25-33-34-31(41-25)36-29(38)28-26(27(37)21-16-18(2)14-15-24(21)40-28)32(36)22-12-7-8-13-23(22)35(30(32)39)17-20-11-6-5-10-19(20)3/h5-8,10-16H,4,9,17H2,1-3H3. The van der Waals surface area contributed by atoms with Crippen LogP contribution in [0.3, 0.4) is 0 Å². The molecule has 1 spiro atoms. The van der Waals surface area contributed by atoms with Crippen LogP contribution in [0.4, 0.5) is 10.8 Å². The van der Waals surface area contributed by atoms with Gasteiger partial charge in [-0.2, -0.15) is 0 Å². The highest BCUT2D eigenvalue weighted by atomic mass is 32.1. The highest BCUT2D eigenvalue weighted by molar-refractivity contribution is 7.15. The Hall–Kier alpha value is -4.63. The third-order valence-corrected chi connectivity index (χ3v) is 8.95. The van der Waals surface area contributed by atoms with E-state index in [0.717, 1.165) is 28.1 Å². The second-order valence-corrected chi connectivity index (χ2v) is 11.6. The lowest BCUT2D eigenvalue weighted by atomic mass is 9.84. The van der Waals surface area contributed by atoms with Crippen molar-refractivity contribution in [3.63, 3.8) is 0 Å². The van der Waals surface area contributed by atoms with Gasteiger partial charge in [0.25, 0.3) is 11.8 Å². The highest BCUT2D eigenvalue weighted by Crippen LogP contribution is 2.54. The average Bonchev–Trinajstić information content (AvgIpc) is 3.60. The smallest absolute Gasteiger partial charge is 0.297 e. The van der Waals surface area contributed by atoms with E-state index in [9.17, 15) is 14.4 Å². The zero-order valence-corrected chi connectivity index (χ0v) is 23.6. The Kier molecular flexibility index (Phi) is 5.69. The van der Waals surface area contributed by atoms with Crippen LogP contribution in [0.15, 0.2) is 75.9 Å². The zero-order chi connectivity index (χ0) is 28.5. The molecule has 3 aromatic carbocycles. The molecule has 2 aliphatic heterocycles. The van der Waals surface area contributed by atoms with Gasteiger partial charge in [-0.25, -0.2) is 0 Å². The Morgan fingerprint density at radius 3 is 2.54 bits per heavy atom. The van der Waals surface area contributed by atoms with Crippen LogP contribution in [0.2, 0.25) is 0 Å². The summed E-state index contributed by atoms with van der Waals surface area (Å²) in [6, 6.07) is 20.5. The van der Waals surface area contributed by atoms with E-state index >= 15 is 0 Å². The minimum Gasteiger partial charge on any atom is -0.450 e. The van der Waals surface area contributed by atoms with Crippen LogP contribution < -0.4 is 15.2 Å². The van der Waals surface area contributed by atoms with Crippen molar-refractivity contribution in [3.05, 3.63) is 116 Å². The summed E-state index contributed by atoms with van der Waals surface area (Å²) < 4.78 is 6.18. The number of hydrogen-bond acceptors (Lipinski definition) is 7. The predicted molar refractivity (Wildman–Crippen MR) is 158 cm³/mol. The summed E-state index contributed by atoms with van der Waals surface area (Å²) in [6.45, 7) is 6.19. The van der Waals surface area contributed by atoms with Gasteiger partial charge >= 0.3 is 0 Å². The fraction of sp³-hybridized carbons (Fsp3) is 0.219. The van der Waals surface area contributed by atoms with Crippen molar-refractivity contribution in [1.82, 2.24) is 10.2 Å². The van der Waals surface area contributed by atoms with E-state index in [2.05, 4.69) is 10.2 Å². The van der Waals surface area contributed by atoms with Gasteiger partial charge in [-0.1, -0.05) is 72.4 Å². The molecule has 9 heteroatoms. The zero-order valence-electron chi connectivity index (χ0n) is 22.8. The van der Waals surface area contributed by atoms with Crippen LogP contribution in [0, 0.1) is 13.8 Å². The number of hydrogen-bond donors (Lipinski definition) is 0. The maximum Gasteiger partial charge on any atom is 0.297 e. The minimum absolute atomic E-state index is 0.0255. The number of fused-ring (bicyclic) bond motifs is 5. The third kappa shape index (κ3) is 3.48. The van der Waals surface area contributed by atoms with Crippen molar-refractivity contribution in [3.8, 4) is 0 Å². The van der Waals surface area contributed by atoms with Crippen molar-refractivity contribution in [2.75, 3.05) is 9.80 Å². The molecule has 2 aliphatic rings. The normalized spacial score (nSPS) is 17.6. The maximum atomic E-state index is 15.0. The van der Waals surface area contributed by atoms with Gasteiger partial charge in [0.15, 0.2) is 11.0 Å². The van der Waals surface area contributed by atoms with Crippen LogP contribution >= 0.6 is 11.3 Å². The van der Waals surface area contributed by atoms with Gasteiger partial charge in [-0.3, -0.25) is 19.3 Å². The number of nitrogens with zero attached hydrogens (tertiary/aromatic N) is 4. The lowest BCUT2D eigenvalue weighted by Crippen LogP contribution is -2.53. The van der Waals surface area contributed by atoms with Crippen LogP contribution in [-0.4, -0.2) is 22.0 Å². The SMILES string of the molecule is CCCc1nnc(N2C(=O)c3oc4ccc(C)cc4c(=O)c3C23C(=O)N(Cc2ccccc2C)c2ccccc23)s1. The van der Waals surface area contributed by atoms with Gasteiger partial charge in [-0.05, 0) is 49.6 Å². The van der Waals surface area contributed by atoms with Crippen molar-refractivity contribution in [2.24, 2.45) is 0 Å². The summed E-state index contributed by atoms with van der Waals surface area (Å²) in [5.41, 5.74) is 2.17. The Bertz CT molecular complexity index is 1960. The quantitative estimate of drug-likeness (QED) is 0.274. The van der Waals surface area contributed by atoms with E-state index in [1.165, 1.54) is 16.2 Å². The predicted octanol–water partition coefficient (Wildman–Crippen LogP) is 5.66. The molecule has 204 valence electrons. The van der Waals surface area contributed by atoms with Crippen LogP contribution in [0.25, 0.3) is 11.0 Å². The Balaban J connectivity index is 1.55. The van der Waals surface area contributed by atoms with E-state index in [0.29, 0.717) is 28.6 Å². The van der Waals surface area contributed by atoms with Gasteiger partial charge in [0.05, 0.1) is 23.2 Å². The number of benzene rings is 3. The van der Waals surface area contributed by atoms with Crippen LogP contribution in [0.1, 0.15) is 56.7 Å². The Morgan fingerprint density at radius 2 is 1.73 bits per heavy atom. The first-order valence-corrected chi connectivity index (χ1v) is 14.4. The fourth-order valence-electron chi connectivity index (χ4n) is 6.04. The lowest BCUT2D eigenvalue weighted by Gasteiger charge is -2.32. The van der Waals surface area contributed by atoms with E-state index in [1.54, 1.807) is 17.0 Å². The Labute approximate surface area is 239 Å². The molecule has 0 saturated carbocycles. The number of para-hydroxylation sites is 1.